The van der Waals surface area contributed by atoms with Crippen LogP contribution in [0, 0.1) is 0 Å². The van der Waals surface area contributed by atoms with Crippen LogP contribution < -0.4 is 14.2 Å². The van der Waals surface area contributed by atoms with Gasteiger partial charge in [0.05, 0.1) is 28.4 Å². The second kappa shape index (κ2) is 8.07. The van der Waals surface area contributed by atoms with E-state index in [0.717, 1.165) is 0 Å². The fourth-order valence-electron chi connectivity index (χ4n) is 1.94. The predicted octanol–water partition coefficient (Wildman–Crippen LogP) is 1.51. The molecule has 126 valence electrons. The molecule has 0 amide bonds. The maximum Gasteiger partial charge on any atom is 0.343 e. The highest BCUT2D eigenvalue weighted by Gasteiger charge is 2.24. The smallest absolute Gasteiger partial charge is 0.343 e. The Morgan fingerprint density at radius 2 is 1.48 bits per heavy atom. The fraction of sp³-hybridized carbons (Fsp3) is 0.375. The quantitative estimate of drug-likeness (QED) is 0.247. The SMILES string of the molecule is COC(=O)/C(=C\N(C)C)C(=O)c1cc(OC)c(OC)c(OC)c1. The second-order valence-electron chi connectivity index (χ2n) is 4.74. The van der Waals surface area contributed by atoms with Crippen molar-refractivity contribution in [3.8, 4) is 17.2 Å². The third kappa shape index (κ3) is 4.15. The summed E-state index contributed by atoms with van der Waals surface area (Å²) in [7, 11) is 8.98. The Labute approximate surface area is 135 Å². The largest absolute Gasteiger partial charge is 0.493 e. The highest BCUT2D eigenvalue weighted by Crippen LogP contribution is 2.38. The molecule has 0 unspecified atom stereocenters. The standard InChI is InChI=1S/C16H21NO6/c1-17(2)9-11(16(19)23-6)14(18)10-7-12(20-3)15(22-5)13(8-10)21-4/h7-9H,1-6H3/b11-9-. The minimum atomic E-state index is -0.725. The Morgan fingerprint density at radius 3 is 1.83 bits per heavy atom. The van der Waals surface area contributed by atoms with Crippen molar-refractivity contribution in [3.63, 3.8) is 0 Å². The zero-order valence-electron chi connectivity index (χ0n) is 14.1. The maximum atomic E-state index is 12.7. The van der Waals surface area contributed by atoms with Crippen LogP contribution in [0.4, 0.5) is 0 Å². The summed E-state index contributed by atoms with van der Waals surface area (Å²) in [6, 6.07) is 2.96. The van der Waals surface area contributed by atoms with Gasteiger partial charge < -0.3 is 23.8 Å². The van der Waals surface area contributed by atoms with E-state index >= 15 is 0 Å². The molecule has 0 fully saturated rings. The molecule has 7 heteroatoms. The van der Waals surface area contributed by atoms with Crippen molar-refractivity contribution in [2.45, 2.75) is 0 Å². The van der Waals surface area contributed by atoms with E-state index in [2.05, 4.69) is 4.74 Å². The molecule has 0 N–H and O–H groups in total. The van der Waals surface area contributed by atoms with E-state index in [1.54, 1.807) is 19.0 Å². The summed E-state index contributed by atoms with van der Waals surface area (Å²) in [5, 5.41) is 0. The Morgan fingerprint density at radius 1 is 0.957 bits per heavy atom. The summed E-state index contributed by atoms with van der Waals surface area (Å²) in [6.07, 6.45) is 1.40. The number of methoxy groups -OCH3 is 4. The first-order valence-corrected chi connectivity index (χ1v) is 6.70. The van der Waals surface area contributed by atoms with Gasteiger partial charge in [0, 0.05) is 25.9 Å². The molecule has 23 heavy (non-hydrogen) atoms. The zero-order valence-corrected chi connectivity index (χ0v) is 14.1. The number of carbonyl (C=O) groups excluding carboxylic acids is 2. The number of esters is 1. The van der Waals surface area contributed by atoms with Crippen molar-refractivity contribution in [3.05, 3.63) is 29.5 Å². The van der Waals surface area contributed by atoms with E-state index in [9.17, 15) is 9.59 Å². The van der Waals surface area contributed by atoms with Crippen molar-refractivity contribution in [1.82, 2.24) is 4.90 Å². The van der Waals surface area contributed by atoms with Crippen LogP contribution in [0.25, 0.3) is 0 Å². The van der Waals surface area contributed by atoms with Crippen LogP contribution in [-0.4, -0.2) is 59.2 Å². The van der Waals surface area contributed by atoms with Gasteiger partial charge in [-0.05, 0) is 12.1 Å². The Bertz CT molecular complexity index is 596. The van der Waals surface area contributed by atoms with Crippen LogP contribution in [0.2, 0.25) is 0 Å². The third-order valence-corrected chi connectivity index (χ3v) is 2.96. The summed E-state index contributed by atoms with van der Waals surface area (Å²) in [5.41, 5.74) is 0.116. The number of Topliss-reactive ketones (excluding diaryl/α,β-unsaturated/α-hetero) is 1. The molecule has 0 spiro atoms. The molecule has 0 heterocycles. The van der Waals surface area contributed by atoms with Crippen molar-refractivity contribution in [1.29, 1.82) is 0 Å². The molecule has 1 aromatic rings. The van der Waals surface area contributed by atoms with E-state index in [1.807, 2.05) is 0 Å². The van der Waals surface area contributed by atoms with Crippen molar-refractivity contribution < 1.29 is 28.5 Å². The topological polar surface area (TPSA) is 74.3 Å². The lowest BCUT2D eigenvalue weighted by molar-refractivity contribution is -0.135. The minimum Gasteiger partial charge on any atom is -0.493 e. The number of hydrogen-bond acceptors (Lipinski definition) is 7. The number of ketones is 1. The van der Waals surface area contributed by atoms with Crippen LogP contribution in [-0.2, 0) is 9.53 Å². The van der Waals surface area contributed by atoms with E-state index in [-0.39, 0.29) is 11.1 Å². The van der Waals surface area contributed by atoms with E-state index in [1.165, 1.54) is 46.8 Å². The first kappa shape index (κ1) is 18.3. The molecule has 0 saturated heterocycles. The lowest BCUT2D eigenvalue weighted by atomic mass is 10.0. The molecule has 7 nitrogen and oxygen atoms in total. The Balaban J connectivity index is 3.43. The average molecular weight is 323 g/mol. The predicted molar refractivity (Wildman–Crippen MR) is 84.2 cm³/mol. The lowest BCUT2D eigenvalue weighted by Crippen LogP contribution is -2.18. The van der Waals surface area contributed by atoms with Gasteiger partial charge in [-0.2, -0.15) is 0 Å². The van der Waals surface area contributed by atoms with Gasteiger partial charge >= 0.3 is 5.97 Å². The van der Waals surface area contributed by atoms with Crippen LogP contribution in [0.1, 0.15) is 10.4 Å². The van der Waals surface area contributed by atoms with E-state index in [0.29, 0.717) is 17.2 Å². The normalized spacial score (nSPS) is 10.8. The number of carbonyl (C=O) groups is 2. The number of rotatable bonds is 7. The third-order valence-electron chi connectivity index (χ3n) is 2.96. The molecule has 0 aliphatic carbocycles. The van der Waals surface area contributed by atoms with Crippen molar-refractivity contribution in [2.24, 2.45) is 0 Å². The molecular formula is C16H21NO6. The fourth-order valence-corrected chi connectivity index (χ4v) is 1.94. The van der Waals surface area contributed by atoms with Crippen molar-refractivity contribution >= 4 is 11.8 Å². The molecule has 0 radical (unpaired) electrons. The first-order chi connectivity index (χ1) is 10.9. The molecule has 0 aliphatic heterocycles. The minimum absolute atomic E-state index is 0.105. The van der Waals surface area contributed by atoms with Gasteiger partial charge in [0.1, 0.15) is 5.57 Å². The average Bonchev–Trinajstić information content (AvgIpc) is 2.56. The van der Waals surface area contributed by atoms with Gasteiger partial charge in [-0.25, -0.2) is 4.79 Å². The summed E-state index contributed by atoms with van der Waals surface area (Å²) in [6.45, 7) is 0. The molecule has 1 rings (SSSR count). The van der Waals surface area contributed by atoms with Gasteiger partial charge in [-0.1, -0.05) is 0 Å². The van der Waals surface area contributed by atoms with Gasteiger partial charge in [0.25, 0.3) is 0 Å². The van der Waals surface area contributed by atoms with E-state index < -0.39 is 11.8 Å². The lowest BCUT2D eigenvalue weighted by Gasteiger charge is -2.14. The highest BCUT2D eigenvalue weighted by molar-refractivity contribution is 6.24. The molecule has 1 aromatic carbocycles. The van der Waals surface area contributed by atoms with Gasteiger partial charge in [0.15, 0.2) is 11.5 Å². The molecule has 0 bridgehead atoms. The molecular weight excluding hydrogens is 302 g/mol. The van der Waals surface area contributed by atoms with Crippen LogP contribution in [0.15, 0.2) is 23.9 Å². The summed E-state index contributed by atoms with van der Waals surface area (Å²) in [4.78, 5) is 26.1. The first-order valence-electron chi connectivity index (χ1n) is 6.70. The Hall–Kier alpha value is -2.70. The maximum absolute atomic E-state index is 12.7. The number of ether oxygens (including phenoxy) is 4. The van der Waals surface area contributed by atoms with Gasteiger partial charge in [0.2, 0.25) is 11.5 Å². The highest BCUT2D eigenvalue weighted by atomic mass is 16.5. The number of benzene rings is 1. The number of nitrogens with zero attached hydrogens (tertiary/aromatic N) is 1. The molecule has 0 aromatic heterocycles. The molecule has 0 saturated carbocycles. The summed E-state index contributed by atoms with van der Waals surface area (Å²) in [5.74, 6) is -0.224. The summed E-state index contributed by atoms with van der Waals surface area (Å²) >= 11 is 0. The van der Waals surface area contributed by atoms with E-state index in [4.69, 9.17) is 14.2 Å². The van der Waals surface area contributed by atoms with Gasteiger partial charge in [-0.3, -0.25) is 4.79 Å². The second-order valence-corrected chi connectivity index (χ2v) is 4.74. The Kier molecular flexibility index (Phi) is 6.44. The van der Waals surface area contributed by atoms with Crippen LogP contribution in [0.3, 0.4) is 0 Å². The van der Waals surface area contributed by atoms with Gasteiger partial charge in [-0.15, -0.1) is 0 Å². The van der Waals surface area contributed by atoms with Crippen molar-refractivity contribution in [2.75, 3.05) is 42.5 Å². The molecule has 0 aliphatic rings. The zero-order chi connectivity index (χ0) is 17.6. The monoisotopic (exact) mass is 323 g/mol. The number of hydrogen-bond donors (Lipinski definition) is 0. The molecule has 0 atom stereocenters. The van der Waals surface area contributed by atoms with Crippen LogP contribution >= 0.6 is 0 Å². The van der Waals surface area contributed by atoms with Crippen LogP contribution in [0.5, 0.6) is 17.2 Å². The summed E-state index contributed by atoms with van der Waals surface area (Å²) < 4.78 is 20.3.